The fraction of sp³-hybridized carbons (Fsp3) is 0.105. The molecule has 0 aliphatic rings. The minimum Gasteiger partial charge on any atom is -0.484 e. The van der Waals surface area contributed by atoms with Crippen LogP contribution >= 0.6 is 0 Å². The summed E-state index contributed by atoms with van der Waals surface area (Å²) in [5, 5.41) is 0. The van der Waals surface area contributed by atoms with Crippen molar-refractivity contribution < 1.29 is 17.5 Å². The fourth-order valence-electron chi connectivity index (χ4n) is 2.25. The monoisotopic (exact) mass is 372 g/mol. The summed E-state index contributed by atoms with van der Waals surface area (Å²) >= 11 is 0. The molecule has 0 spiro atoms. The predicted octanol–water partition coefficient (Wildman–Crippen LogP) is 3.91. The van der Waals surface area contributed by atoms with Crippen molar-refractivity contribution >= 4 is 15.7 Å². The number of sulfonamides is 1. The van der Waals surface area contributed by atoms with Crippen LogP contribution in [0, 0.1) is 12.7 Å². The predicted molar refractivity (Wildman–Crippen MR) is 97.0 cm³/mol. The van der Waals surface area contributed by atoms with Crippen LogP contribution < -0.4 is 9.46 Å². The van der Waals surface area contributed by atoms with Gasteiger partial charge in [0.2, 0.25) is 0 Å². The maximum absolute atomic E-state index is 14.2. The number of aromatic nitrogens is 1. The van der Waals surface area contributed by atoms with Crippen LogP contribution in [0.15, 0.2) is 71.8 Å². The Bertz CT molecular complexity index is 991. The summed E-state index contributed by atoms with van der Waals surface area (Å²) in [6.45, 7) is 1.98. The van der Waals surface area contributed by atoms with Gasteiger partial charge >= 0.3 is 0 Å². The summed E-state index contributed by atoms with van der Waals surface area (Å²) in [6.07, 6.45) is 1.62. The van der Waals surface area contributed by atoms with E-state index in [9.17, 15) is 12.8 Å². The number of halogens is 1. The topological polar surface area (TPSA) is 68.3 Å². The molecule has 3 rings (SSSR count). The van der Waals surface area contributed by atoms with Gasteiger partial charge in [-0.2, -0.15) is 0 Å². The van der Waals surface area contributed by atoms with E-state index in [2.05, 4.69) is 9.71 Å². The van der Waals surface area contributed by atoms with Gasteiger partial charge in [0.25, 0.3) is 10.0 Å². The molecule has 0 atom stereocenters. The number of benzene rings is 2. The molecule has 0 aliphatic carbocycles. The van der Waals surface area contributed by atoms with Gasteiger partial charge in [-0.3, -0.25) is 9.71 Å². The zero-order valence-electron chi connectivity index (χ0n) is 14.0. The first-order valence-electron chi connectivity index (χ1n) is 7.86. The Labute approximate surface area is 151 Å². The molecule has 1 N–H and O–H groups in total. The fourth-order valence-corrected chi connectivity index (χ4v) is 3.30. The summed E-state index contributed by atoms with van der Waals surface area (Å²) in [4.78, 5) is 4.20. The second-order valence-electron chi connectivity index (χ2n) is 5.67. The average Bonchev–Trinajstić information content (AvgIpc) is 2.62. The highest BCUT2D eigenvalue weighted by molar-refractivity contribution is 7.92. The molecule has 0 aliphatic heterocycles. The molecule has 0 amide bonds. The zero-order chi connectivity index (χ0) is 18.6. The van der Waals surface area contributed by atoms with Crippen molar-refractivity contribution in [3.05, 3.63) is 83.9 Å². The van der Waals surface area contributed by atoms with Crippen molar-refractivity contribution in [2.45, 2.75) is 18.4 Å². The number of nitrogens with zero attached hydrogens (tertiary/aromatic N) is 1. The van der Waals surface area contributed by atoms with Crippen LogP contribution in [-0.4, -0.2) is 13.4 Å². The van der Waals surface area contributed by atoms with Crippen LogP contribution in [-0.2, 0) is 16.6 Å². The quantitative estimate of drug-likeness (QED) is 0.712. The third-order valence-electron chi connectivity index (χ3n) is 3.62. The van der Waals surface area contributed by atoms with Gasteiger partial charge < -0.3 is 4.74 Å². The Morgan fingerprint density at radius 2 is 1.85 bits per heavy atom. The minimum atomic E-state index is -3.78. The summed E-state index contributed by atoms with van der Waals surface area (Å²) in [5.74, 6) is -0.640. The zero-order valence-corrected chi connectivity index (χ0v) is 14.8. The number of aryl methyl sites for hydroxylation is 1. The van der Waals surface area contributed by atoms with Gasteiger partial charge in [-0.1, -0.05) is 23.8 Å². The Morgan fingerprint density at radius 3 is 2.50 bits per heavy atom. The van der Waals surface area contributed by atoms with Crippen molar-refractivity contribution in [1.29, 1.82) is 0 Å². The van der Waals surface area contributed by atoms with Gasteiger partial charge in [-0.25, -0.2) is 12.8 Å². The molecule has 0 radical (unpaired) electrons. The number of rotatable bonds is 6. The Kier molecular flexibility index (Phi) is 5.18. The third kappa shape index (κ3) is 4.37. The normalized spacial score (nSPS) is 11.2. The van der Waals surface area contributed by atoms with E-state index < -0.39 is 15.8 Å². The van der Waals surface area contributed by atoms with E-state index in [0.29, 0.717) is 5.69 Å². The molecule has 0 bridgehead atoms. The van der Waals surface area contributed by atoms with Crippen LogP contribution in [0.2, 0.25) is 0 Å². The van der Waals surface area contributed by atoms with Crippen molar-refractivity contribution in [3.63, 3.8) is 0 Å². The average molecular weight is 372 g/mol. The van der Waals surface area contributed by atoms with Crippen molar-refractivity contribution in [2.24, 2.45) is 0 Å². The molecule has 26 heavy (non-hydrogen) atoms. The highest BCUT2D eigenvalue weighted by atomic mass is 32.2. The molecule has 0 saturated heterocycles. The van der Waals surface area contributed by atoms with Gasteiger partial charge in [-0.15, -0.1) is 0 Å². The maximum Gasteiger partial charge on any atom is 0.261 e. The van der Waals surface area contributed by atoms with E-state index in [0.717, 1.165) is 11.6 Å². The Morgan fingerprint density at radius 1 is 1.08 bits per heavy atom. The number of ether oxygens (including phenoxy) is 1. The number of hydrogen-bond donors (Lipinski definition) is 1. The van der Waals surface area contributed by atoms with Crippen LogP contribution in [0.25, 0.3) is 0 Å². The van der Waals surface area contributed by atoms with Gasteiger partial charge in [0.15, 0.2) is 11.6 Å². The Hall–Kier alpha value is -2.93. The number of hydrogen-bond acceptors (Lipinski definition) is 4. The molecule has 5 nitrogen and oxygen atoms in total. The first-order chi connectivity index (χ1) is 12.4. The van der Waals surface area contributed by atoms with Crippen LogP contribution in [0.3, 0.4) is 0 Å². The summed E-state index contributed by atoms with van der Waals surface area (Å²) in [6, 6.07) is 15.7. The first-order valence-corrected chi connectivity index (χ1v) is 9.34. The second kappa shape index (κ2) is 7.53. The smallest absolute Gasteiger partial charge is 0.261 e. The lowest BCUT2D eigenvalue weighted by atomic mass is 10.2. The first kappa shape index (κ1) is 17.9. The van der Waals surface area contributed by atoms with Gasteiger partial charge in [0, 0.05) is 12.3 Å². The van der Waals surface area contributed by atoms with Crippen LogP contribution in [0.4, 0.5) is 10.1 Å². The van der Waals surface area contributed by atoms with Crippen molar-refractivity contribution in [1.82, 2.24) is 4.98 Å². The molecule has 1 heterocycles. The number of nitrogens with one attached hydrogen (secondary N) is 1. The van der Waals surface area contributed by atoms with Crippen LogP contribution in [0.5, 0.6) is 5.75 Å². The highest BCUT2D eigenvalue weighted by Gasteiger charge is 2.15. The summed E-state index contributed by atoms with van der Waals surface area (Å²) in [7, 11) is -3.78. The summed E-state index contributed by atoms with van der Waals surface area (Å²) in [5.41, 5.74) is 1.73. The van der Waals surface area contributed by atoms with E-state index in [1.54, 1.807) is 30.5 Å². The van der Waals surface area contributed by atoms with E-state index in [1.165, 1.54) is 24.3 Å². The molecule has 7 heteroatoms. The minimum absolute atomic E-state index is 0.0222. The molecule has 1 aromatic heterocycles. The van der Waals surface area contributed by atoms with Crippen molar-refractivity contribution in [2.75, 3.05) is 4.72 Å². The molecule has 0 saturated carbocycles. The SMILES string of the molecule is Cc1ccc(S(=O)(=O)Nc2ccc(OCc3ccccn3)c(F)c2)cc1. The van der Waals surface area contributed by atoms with Gasteiger partial charge in [0.1, 0.15) is 6.61 Å². The van der Waals surface area contributed by atoms with Crippen LogP contribution in [0.1, 0.15) is 11.3 Å². The largest absolute Gasteiger partial charge is 0.484 e. The molecule has 0 fully saturated rings. The van der Waals surface area contributed by atoms with E-state index in [-0.39, 0.29) is 22.9 Å². The van der Waals surface area contributed by atoms with E-state index in [1.807, 2.05) is 13.0 Å². The lowest BCUT2D eigenvalue weighted by Gasteiger charge is -2.11. The molecule has 3 aromatic rings. The standard InChI is InChI=1S/C19H17FN2O3S/c1-14-5-8-17(9-6-14)26(23,24)22-15-7-10-19(18(20)12-15)25-13-16-4-2-3-11-21-16/h2-12,22H,13H2,1H3. The third-order valence-corrected chi connectivity index (χ3v) is 5.01. The maximum atomic E-state index is 14.2. The van der Waals surface area contributed by atoms with Crippen molar-refractivity contribution in [3.8, 4) is 5.75 Å². The van der Waals surface area contributed by atoms with Gasteiger partial charge in [0.05, 0.1) is 16.3 Å². The van der Waals surface area contributed by atoms with Gasteiger partial charge in [-0.05, 0) is 43.3 Å². The second-order valence-corrected chi connectivity index (χ2v) is 7.36. The summed E-state index contributed by atoms with van der Waals surface area (Å²) < 4.78 is 46.6. The molecule has 134 valence electrons. The van der Waals surface area contributed by atoms with E-state index in [4.69, 9.17) is 4.74 Å². The van der Waals surface area contributed by atoms with E-state index >= 15 is 0 Å². The number of pyridine rings is 1. The molecule has 0 unspecified atom stereocenters. The lowest BCUT2D eigenvalue weighted by molar-refractivity contribution is 0.286. The lowest BCUT2D eigenvalue weighted by Crippen LogP contribution is -2.13. The molecular formula is C19H17FN2O3S. The number of anilines is 1. The molecular weight excluding hydrogens is 355 g/mol. The highest BCUT2D eigenvalue weighted by Crippen LogP contribution is 2.24. The Balaban J connectivity index is 1.72. The molecule has 2 aromatic carbocycles.